The van der Waals surface area contributed by atoms with E-state index in [1.54, 1.807) is 0 Å². The van der Waals surface area contributed by atoms with E-state index in [2.05, 4.69) is 0 Å². The molecule has 0 bridgehead atoms. The molecule has 0 nitrogen and oxygen atoms in total. The lowest BCUT2D eigenvalue weighted by atomic mass is 10.1. The Kier molecular flexibility index (Phi) is 2.98. The van der Waals surface area contributed by atoms with E-state index >= 15 is 0 Å². The predicted octanol–water partition coefficient (Wildman–Crippen LogP) is 2.89. The van der Waals surface area contributed by atoms with Crippen molar-refractivity contribution in [3.05, 3.63) is 35.1 Å². The molecule has 1 aromatic carbocycles. The first kappa shape index (κ1) is 9.39. The summed E-state index contributed by atoms with van der Waals surface area (Å²) in [4.78, 5) is 0. The first-order valence-electron chi connectivity index (χ1n) is 3.34. The Hall–Kier alpha value is -0.700. The van der Waals surface area contributed by atoms with E-state index in [9.17, 15) is 13.2 Å². The molecule has 1 rings (SSSR count). The van der Waals surface area contributed by atoms with Crippen molar-refractivity contribution in [3.8, 4) is 0 Å². The van der Waals surface area contributed by atoms with Crippen molar-refractivity contribution >= 4 is 11.6 Å². The van der Waals surface area contributed by atoms with E-state index in [1.807, 2.05) is 0 Å². The van der Waals surface area contributed by atoms with Crippen LogP contribution in [0.1, 0.15) is 5.56 Å². The van der Waals surface area contributed by atoms with Gasteiger partial charge in [-0.05, 0) is 6.42 Å². The summed E-state index contributed by atoms with van der Waals surface area (Å²) in [6.45, 7) is 0. The molecule has 66 valence electrons. The van der Waals surface area contributed by atoms with Crippen LogP contribution in [0.5, 0.6) is 0 Å². The number of alkyl halides is 1. The molecule has 0 unspecified atom stereocenters. The highest BCUT2D eigenvalue weighted by atomic mass is 35.5. The molecule has 0 heterocycles. The molecule has 12 heavy (non-hydrogen) atoms. The molecule has 0 aliphatic carbocycles. The Morgan fingerprint density at radius 1 is 1.08 bits per heavy atom. The third-order valence-electron chi connectivity index (χ3n) is 1.45. The van der Waals surface area contributed by atoms with E-state index in [-0.39, 0.29) is 17.9 Å². The summed E-state index contributed by atoms with van der Waals surface area (Å²) in [7, 11) is 0. The average molecular weight is 195 g/mol. The Labute approximate surface area is 73.0 Å². The summed E-state index contributed by atoms with van der Waals surface area (Å²) in [6, 6.07) is 1.29. The molecule has 0 amide bonds. The van der Waals surface area contributed by atoms with Crippen LogP contribution in [0.2, 0.25) is 0 Å². The van der Waals surface area contributed by atoms with Crippen LogP contribution in [0.3, 0.4) is 0 Å². The highest BCUT2D eigenvalue weighted by molar-refractivity contribution is 6.17. The molecular weight excluding hydrogens is 189 g/mol. The molecule has 0 N–H and O–H groups in total. The van der Waals surface area contributed by atoms with Gasteiger partial charge in [0.2, 0.25) is 0 Å². The second-order valence-corrected chi connectivity index (χ2v) is 2.66. The van der Waals surface area contributed by atoms with Crippen LogP contribution in [0.4, 0.5) is 13.2 Å². The zero-order valence-electron chi connectivity index (χ0n) is 6.08. The third-order valence-corrected chi connectivity index (χ3v) is 1.64. The highest BCUT2D eigenvalue weighted by Crippen LogP contribution is 2.15. The first-order chi connectivity index (χ1) is 5.65. The van der Waals surface area contributed by atoms with Crippen LogP contribution in [0, 0.1) is 17.5 Å². The standard InChI is InChI=1S/C8H6ClF3/c9-2-1-6-7(11)3-5(10)4-8(6)12/h3-4H,1-2H2. The average Bonchev–Trinajstić information content (AvgIpc) is 1.96. The zero-order chi connectivity index (χ0) is 9.14. The molecule has 0 fully saturated rings. The van der Waals surface area contributed by atoms with Crippen LogP contribution < -0.4 is 0 Å². The highest BCUT2D eigenvalue weighted by Gasteiger charge is 2.09. The van der Waals surface area contributed by atoms with Crippen molar-refractivity contribution in [2.75, 3.05) is 5.88 Å². The van der Waals surface area contributed by atoms with Gasteiger partial charge in [0, 0.05) is 23.6 Å². The number of hydrogen-bond acceptors (Lipinski definition) is 0. The maximum atomic E-state index is 12.8. The molecule has 0 radical (unpaired) electrons. The van der Waals surface area contributed by atoms with Gasteiger partial charge >= 0.3 is 0 Å². The number of rotatable bonds is 2. The topological polar surface area (TPSA) is 0 Å². The van der Waals surface area contributed by atoms with Crippen LogP contribution in [0.15, 0.2) is 12.1 Å². The van der Waals surface area contributed by atoms with Gasteiger partial charge in [-0.1, -0.05) is 0 Å². The first-order valence-corrected chi connectivity index (χ1v) is 3.88. The van der Waals surface area contributed by atoms with E-state index in [4.69, 9.17) is 11.6 Å². The largest absolute Gasteiger partial charge is 0.207 e. The Balaban J connectivity index is 3.10. The maximum Gasteiger partial charge on any atom is 0.132 e. The van der Waals surface area contributed by atoms with Crippen molar-refractivity contribution in [2.45, 2.75) is 6.42 Å². The zero-order valence-corrected chi connectivity index (χ0v) is 6.84. The van der Waals surface area contributed by atoms with Gasteiger partial charge in [0.05, 0.1) is 0 Å². The summed E-state index contributed by atoms with van der Waals surface area (Å²) in [5.41, 5.74) is -0.161. The van der Waals surface area contributed by atoms with Gasteiger partial charge in [-0.2, -0.15) is 0 Å². The van der Waals surface area contributed by atoms with Gasteiger partial charge in [-0.25, -0.2) is 13.2 Å². The molecule has 0 aliphatic rings. The smallest absolute Gasteiger partial charge is 0.132 e. The van der Waals surface area contributed by atoms with E-state index in [0.29, 0.717) is 12.1 Å². The summed E-state index contributed by atoms with van der Waals surface area (Å²) < 4.78 is 37.9. The van der Waals surface area contributed by atoms with E-state index in [0.717, 1.165) is 0 Å². The number of benzene rings is 1. The summed E-state index contributed by atoms with van der Waals surface area (Å²) in [6.07, 6.45) is 0.0690. The summed E-state index contributed by atoms with van der Waals surface area (Å²) >= 11 is 5.29. The van der Waals surface area contributed by atoms with Crippen LogP contribution in [-0.2, 0) is 6.42 Å². The molecule has 0 saturated carbocycles. The minimum atomic E-state index is -0.914. The minimum absolute atomic E-state index is 0.0690. The predicted molar refractivity (Wildman–Crippen MR) is 40.7 cm³/mol. The van der Waals surface area contributed by atoms with Crippen molar-refractivity contribution in [1.82, 2.24) is 0 Å². The second kappa shape index (κ2) is 3.81. The lowest BCUT2D eigenvalue weighted by molar-refractivity contribution is 0.526. The monoisotopic (exact) mass is 194 g/mol. The van der Waals surface area contributed by atoms with Crippen molar-refractivity contribution in [1.29, 1.82) is 0 Å². The van der Waals surface area contributed by atoms with E-state index < -0.39 is 17.5 Å². The van der Waals surface area contributed by atoms with Gasteiger partial charge in [0.25, 0.3) is 0 Å². The SMILES string of the molecule is Fc1cc(F)c(CCCl)c(F)c1. The Bertz CT molecular complexity index is 263. The Morgan fingerprint density at radius 3 is 2.00 bits per heavy atom. The van der Waals surface area contributed by atoms with Crippen molar-refractivity contribution in [2.24, 2.45) is 0 Å². The fourth-order valence-electron chi connectivity index (χ4n) is 0.905. The van der Waals surface area contributed by atoms with Crippen LogP contribution >= 0.6 is 11.6 Å². The van der Waals surface area contributed by atoms with Crippen molar-refractivity contribution in [3.63, 3.8) is 0 Å². The molecule has 4 heteroatoms. The quantitative estimate of drug-likeness (QED) is 0.635. The second-order valence-electron chi connectivity index (χ2n) is 2.29. The molecule has 0 saturated heterocycles. The Morgan fingerprint density at radius 2 is 1.58 bits per heavy atom. The van der Waals surface area contributed by atoms with Crippen LogP contribution in [0.25, 0.3) is 0 Å². The lowest BCUT2D eigenvalue weighted by Gasteiger charge is -2.01. The van der Waals surface area contributed by atoms with Gasteiger partial charge in [-0.3, -0.25) is 0 Å². The fraction of sp³-hybridized carbons (Fsp3) is 0.250. The van der Waals surface area contributed by atoms with Gasteiger partial charge < -0.3 is 0 Å². The molecule has 1 aromatic rings. The lowest BCUT2D eigenvalue weighted by Crippen LogP contribution is -1.97. The maximum absolute atomic E-state index is 12.8. The minimum Gasteiger partial charge on any atom is -0.207 e. The molecular formula is C8H6ClF3. The van der Waals surface area contributed by atoms with Gasteiger partial charge in [-0.15, -0.1) is 11.6 Å². The van der Waals surface area contributed by atoms with Crippen LogP contribution in [-0.4, -0.2) is 5.88 Å². The third kappa shape index (κ3) is 1.91. The number of hydrogen-bond donors (Lipinski definition) is 0. The number of halogens is 4. The van der Waals surface area contributed by atoms with Gasteiger partial charge in [0.15, 0.2) is 0 Å². The molecule has 0 spiro atoms. The molecule has 0 aromatic heterocycles. The molecule has 0 atom stereocenters. The molecule has 0 aliphatic heterocycles. The summed E-state index contributed by atoms with van der Waals surface area (Å²) in [5, 5.41) is 0. The van der Waals surface area contributed by atoms with Crippen molar-refractivity contribution < 1.29 is 13.2 Å². The van der Waals surface area contributed by atoms with Gasteiger partial charge in [0.1, 0.15) is 17.5 Å². The summed E-state index contributed by atoms with van der Waals surface area (Å²) in [5.74, 6) is -2.57. The van der Waals surface area contributed by atoms with E-state index in [1.165, 1.54) is 0 Å². The fourth-order valence-corrected chi connectivity index (χ4v) is 1.09. The normalized spacial score (nSPS) is 10.3.